The molecule has 0 atom stereocenters. The van der Waals surface area contributed by atoms with E-state index in [9.17, 15) is 23.1 Å². The molecule has 1 aromatic heterocycles. The SMILES string of the molecule is NCc1cc(OCc2cccc(C(=O)N3CCC(O)(C(F)(F)F)CC3)c2)ncn1. The van der Waals surface area contributed by atoms with Crippen LogP contribution in [0.3, 0.4) is 0 Å². The molecule has 2 aromatic rings. The molecule has 0 radical (unpaired) electrons. The van der Waals surface area contributed by atoms with E-state index in [1.807, 2.05) is 0 Å². The molecule has 156 valence electrons. The van der Waals surface area contributed by atoms with Gasteiger partial charge in [-0.1, -0.05) is 12.1 Å². The summed E-state index contributed by atoms with van der Waals surface area (Å²) >= 11 is 0. The average molecular weight is 410 g/mol. The molecule has 3 rings (SSSR count). The van der Waals surface area contributed by atoms with E-state index in [2.05, 4.69) is 9.97 Å². The van der Waals surface area contributed by atoms with Gasteiger partial charge in [-0.25, -0.2) is 9.97 Å². The summed E-state index contributed by atoms with van der Waals surface area (Å²) in [6, 6.07) is 8.27. The van der Waals surface area contributed by atoms with Gasteiger partial charge in [-0.15, -0.1) is 0 Å². The van der Waals surface area contributed by atoms with Gasteiger partial charge in [-0.05, 0) is 17.7 Å². The first-order valence-electron chi connectivity index (χ1n) is 9.03. The minimum absolute atomic E-state index is 0.149. The predicted molar refractivity (Wildman–Crippen MR) is 96.8 cm³/mol. The Kier molecular flexibility index (Phi) is 6.04. The molecule has 3 N–H and O–H groups in total. The monoisotopic (exact) mass is 410 g/mol. The number of likely N-dealkylation sites (tertiary alicyclic amines) is 1. The van der Waals surface area contributed by atoms with Crippen molar-refractivity contribution in [3.8, 4) is 5.88 Å². The quantitative estimate of drug-likeness (QED) is 0.782. The zero-order valence-corrected chi connectivity index (χ0v) is 15.5. The summed E-state index contributed by atoms with van der Waals surface area (Å²) < 4.78 is 44.3. The Bertz CT molecular complexity index is 868. The van der Waals surface area contributed by atoms with Crippen LogP contribution in [0.5, 0.6) is 5.88 Å². The van der Waals surface area contributed by atoms with Gasteiger partial charge in [0.1, 0.15) is 12.9 Å². The van der Waals surface area contributed by atoms with Crippen LogP contribution < -0.4 is 10.5 Å². The first kappa shape index (κ1) is 21.0. The number of nitrogens with two attached hydrogens (primary N) is 1. The highest BCUT2D eigenvalue weighted by Gasteiger charge is 2.54. The number of hydrogen-bond donors (Lipinski definition) is 2. The molecule has 1 saturated heterocycles. The smallest absolute Gasteiger partial charge is 0.417 e. The topological polar surface area (TPSA) is 102 Å². The normalized spacial score (nSPS) is 16.5. The van der Waals surface area contributed by atoms with Crippen molar-refractivity contribution in [3.63, 3.8) is 0 Å². The van der Waals surface area contributed by atoms with E-state index in [1.165, 1.54) is 11.2 Å². The van der Waals surface area contributed by atoms with Crippen molar-refractivity contribution in [2.45, 2.75) is 37.8 Å². The summed E-state index contributed by atoms with van der Waals surface area (Å²) in [7, 11) is 0. The lowest BCUT2D eigenvalue weighted by Gasteiger charge is -2.39. The van der Waals surface area contributed by atoms with Gasteiger partial charge in [0.15, 0.2) is 5.60 Å². The second-order valence-electron chi connectivity index (χ2n) is 6.86. The number of aromatic nitrogens is 2. The Labute approximate surface area is 165 Å². The minimum Gasteiger partial charge on any atom is -0.473 e. The zero-order valence-electron chi connectivity index (χ0n) is 15.5. The lowest BCUT2D eigenvalue weighted by Crippen LogP contribution is -2.54. The number of benzene rings is 1. The average Bonchev–Trinajstić information content (AvgIpc) is 2.72. The highest BCUT2D eigenvalue weighted by Crippen LogP contribution is 2.38. The number of carbonyl (C=O) groups excluding carboxylic acids is 1. The molecule has 7 nitrogen and oxygen atoms in total. The summed E-state index contributed by atoms with van der Waals surface area (Å²) in [6.45, 7) is 0.0644. The van der Waals surface area contributed by atoms with Gasteiger partial charge < -0.3 is 20.5 Å². The summed E-state index contributed by atoms with van der Waals surface area (Å²) in [6.07, 6.45) is -4.44. The van der Waals surface area contributed by atoms with Gasteiger partial charge in [0.2, 0.25) is 5.88 Å². The maximum absolute atomic E-state index is 12.9. The number of amides is 1. The third-order valence-corrected chi connectivity index (χ3v) is 4.87. The Morgan fingerprint density at radius 2 is 1.97 bits per heavy atom. The van der Waals surface area contributed by atoms with Crippen molar-refractivity contribution in [1.29, 1.82) is 0 Å². The van der Waals surface area contributed by atoms with E-state index in [0.29, 0.717) is 22.7 Å². The number of nitrogens with zero attached hydrogens (tertiary/aromatic N) is 3. The fourth-order valence-electron chi connectivity index (χ4n) is 3.06. The first-order valence-corrected chi connectivity index (χ1v) is 9.03. The number of aliphatic hydroxyl groups is 1. The molecule has 0 spiro atoms. The Morgan fingerprint density at radius 3 is 2.62 bits per heavy atom. The molecular formula is C19H21F3N4O3. The number of ether oxygens (including phenoxy) is 1. The molecule has 29 heavy (non-hydrogen) atoms. The van der Waals surface area contributed by atoms with Crippen molar-refractivity contribution in [3.05, 3.63) is 53.5 Å². The maximum atomic E-state index is 12.9. The molecule has 0 unspecified atom stereocenters. The fourth-order valence-corrected chi connectivity index (χ4v) is 3.06. The standard InChI is InChI=1S/C19H21F3N4O3/c20-19(21,22)18(28)4-6-26(7-5-18)17(27)14-3-1-2-13(8-14)11-29-16-9-15(10-23)24-12-25-16/h1-3,8-9,12,28H,4-7,10-11,23H2. The van der Waals surface area contributed by atoms with Crippen LogP contribution in [0.15, 0.2) is 36.7 Å². The summed E-state index contributed by atoms with van der Waals surface area (Å²) in [5.74, 6) is -0.0387. The fraction of sp³-hybridized carbons (Fsp3) is 0.421. The number of alkyl halides is 3. The lowest BCUT2D eigenvalue weighted by atomic mass is 9.90. The van der Waals surface area contributed by atoms with Gasteiger partial charge in [0.25, 0.3) is 5.91 Å². The number of piperidine rings is 1. The molecule has 0 aliphatic carbocycles. The molecule has 1 fully saturated rings. The van der Waals surface area contributed by atoms with Crippen molar-refractivity contribution >= 4 is 5.91 Å². The van der Waals surface area contributed by atoms with Crippen LogP contribution in [-0.4, -0.2) is 50.7 Å². The number of hydrogen-bond acceptors (Lipinski definition) is 6. The van der Waals surface area contributed by atoms with E-state index in [1.54, 1.807) is 30.3 Å². The van der Waals surface area contributed by atoms with E-state index in [0.717, 1.165) is 0 Å². The van der Waals surface area contributed by atoms with E-state index < -0.39 is 24.6 Å². The molecule has 0 saturated carbocycles. The third-order valence-electron chi connectivity index (χ3n) is 4.87. The van der Waals surface area contributed by atoms with Crippen LogP contribution in [0.1, 0.15) is 34.5 Å². The summed E-state index contributed by atoms with van der Waals surface area (Å²) in [5, 5.41) is 9.74. The predicted octanol–water partition coefficient (Wildman–Crippen LogP) is 2.04. The van der Waals surface area contributed by atoms with Gasteiger partial charge >= 0.3 is 6.18 Å². The molecule has 0 bridgehead atoms. The molecule has 1 aliphatic rings. The second-order valence-corrected chi connectivity index (χ2v) is 6.86. The van der Waals surface area contributed by atoms with Crippen molar-refractivity contribution in [1.82, 2.24) is 14.9 Å². The van der Waals surface area contributed by atoms with Crippen LogP contribution in [0, 0.1) is 0 Å². The molecule has 1 aromatic carbocycles. The van der Waals surface area contributed by atoms with Crippen molar-refractivity contribution in [2.24, 2.45) is 5.73 Å². The Balaban J connectivity index is 1.62. The number of rotatable bonds is 5. The number of carbonyl (C=O) groups is 1. The van der Waals surface area contributed by atoms with Gasteiger partial charge in [0.05, 0.1) is 5.69 Å². The largest absolute Gasteiger partial charge is 0.473 e. The van der Waals surface area contributed by atoms with Crippen LogP contribution >= 0.6 is 0 Å². The van der Waals surface area contributed by atoms with Gasteiger partial charge in [-0.2, -0.15) is 13.2 Å². The lowest BCUT2D eigenvalue weighted by molar-refractivity contribution is -0.271. The van der Waals surface area contributed by atoms with Gasteiger partial charge in [-0.3, -0.25) is 4.79 Å². The minimum atomic E-state index is -4.70. The zero-order chi connectivity index (χ0) is 21.1. The molecule has 2 heterocycles. The van der Waals surface area contributed by atoms with Crippen molar-refractivity contribution < 1.29 is 27.8 Å². The Morgan fingerprint density at radius 1 is 1.24 bits per heavy atom. The van der Waals surface area contributed by atoms with Crippen LogP contribution in [0.2, 0.25) is 0 Å². The van der Waals surface area contributed by atoms with E-state index >= 15 is 0 Å². The third kappa shape index (κ3) is 4.83. The molecule has 1 aliphatic heterocycles. The van der Waals surface area contributed by atoms with E-state index in [-0.39, 0.29) is 32.1 Å². The van der Waals surface area contributed by atoms with E-state index in [4.69, 9.17) is 10.5 Å². The van der Waals surface area contributed by atoms with Crippen LogP contribution in [0.4, 0.5) is 13.2 Å². The Hall–Kier alpha value is -2.72. The second kappa shape index (κ2) is 8.34. The summed E-state index contributed by atoms with van der Waals surface area (Å²) in [4.78, 5) is 21.9. The molecule has 1 amide bonds. The number of halogens is 3. The molecule has 10 heteroatoms. The highest BCUT2D eigenvalue weighted by molar-refractivity contribution is 5.94. The first-order chi connectivity index (χ1) is 13.7. The summed E-state index contributed by atoms with van der Waals surface area (Å²) in [5.41, 5.74) is 4.46. The van der Waals surface area contributed by atoms with Crippen LogP contribution in [-0.2, 0) is 13.2 Å². The van der Waals surface area contributed by atoms with Crippen LogP contribution in [0.25, 0.3) is 0 Å². The maximum Gasteiger partial charge on any atom is 0.417 e. The van der Waals surface area contributed by atoms with Gasteiger partial charge in [0, 0.05) is 44.1 Å². The van der Waals surface area contributed by atoms with Crippen molar-refractivity contribution in [2.75, 3.05) is 13.1 Å². The molecular weight excluding hydrogens is 389 g/mol. The highest BCUT2D eigenvalue weighted by atomic mass is 19.4.